The van der Waals surface area contributed by atoms with Crippen LogP contribution in [-0.2, 0) is 11.3 Å². The Labute approximate surface area is 97.6 Å². The number of benzene rings is 1. The molecule has 1 rings (SSSR count). The maximum atomic E-state index is 11.1. The minimum absolute atomic E-state index is 0.352. The quantitative estimate of drug-likeness (QED) is 0.880. The molecule has 15 heavy (non-hydrogen) atoms. The van der Waals surface area contributed by atoms with Gasteiger partial charge in [0.05, 0.1) is 0 Å². The van der Waals surface area contributed by atoms with Crippen LogP contribution in [0.15, 0.2) is 22.7 Å². The summed E-state index contributed by atoms with van der Waals surface area (Å²) < 4.78 is 0.981. The third-order valence-electron chi connectivity index (χ3n) is 2.14. The van der Waals surface area contributed by atoms with Gasteiger partial charge in [-0.3, -0.25) is 4.79 Å². The molecule has 0 saturated heterocycles. The topological polar surface area (TPSA) is 49.3 Å². The first-order chi connectivity index (χ1) is 7.00. The number of carbonyl (C=O) groups is 1. The molecule has 4 heteroatoms. The Morgan fingerprint density at radius 2 is 2.27 bits per heavy atom. The van der Waals surface area contributed by atoms with Crippen molar-refractivity contribution in [2.75, 3.05) is 0 Å². The van der Waals surface area contributed by atoms with Crippen LogP contribution in [0.2, 0.25) is 0 Å². The Hall–Kier alpha value is -0.870. The van der Waals surface area contributed by atoms with E-state index in [0.717, 1.165) is 15.6 Å². The van der Waals surface area contributed by atoms with Gasteiger partial charge in [-0.2, -0.15) is 0 Å². The number of hydrogen-bond donors (Lipinski definition) is 2. The van der Waals surface area contributed by atoms with Gasteiger partial charge in [0, 0.05) is 11.0 Å². The lowest BCUT2D eigenvalue weighted by atomic mass is 10.1. The van der Waals surface area contributed by atoms with Crippen molar-refractivity contribution in [3.05, 3.63) is 33.8 Å². The van der Waals surface area contributed by atoms with Gasteiger partial charge < -0.3 is 10.4 Å². The van der Waals surface area contributed by atoms with E-state index in [-0.39, 0.29) is 5.91 Å². The van der Waals surface area contributed by atoms with Crippen LogP contribution in [0.5, 0.6) is 0 Å². The fourth-order valence-electron chi connectivity index (χ4n) is 1.16. The molecule has 0 heterocycles. The van der Waals surface area contributed by atoms with Gasteiger partial charge >= 0.3 is 0 Å². The number of rotatable bonds is 3. The van der Waals surface area contributed by atoms with Gasteiger partial charge in [-0.25, -0.2) is 0 Å². The Bertz CT molecular complexity index is 364. The smallest absolute Gasteiger partial charge is 0.248 e. The molecule has 2 N–H and O–H groups in total. The second-order valence-corrected chi connectivity index (χ2v) is 4.38. The number of aryl methyl sites for hydroxylation is 1. The molecule has 3 nitrogen and oxygen atoms in total. The molecule has 0 fully saturated rings. The summed E-state index contributed by atoms with van der Waals surface area (Å²) in [6.07, 6.45) is -0.961. The van der Waals surface area contributed by atoms with Crippen molar-refractivity contribution in [2.45, 2.75) is 26.5 Å². The van der Waals surface area contributed by atoms with Gasteiger partial charge in [0.1, 0.15) is 6.10 Å². The van der Waals surface area contributed by atoms with E-state index < -0.39 is 6.10 Å². The summed E-state index contributed by atoms with van der Waals surface area (Å²) in [5.74, 6) is -0.352. The third-order valence-corrected chi connectivity index (χ3v) is 2.64. The lowest BCUT2D eigenvalue weighted by molar-refractivity contribution is -0.128. The van der Waals surface area contributed by atoms with Gasteiger partial charge in [0.25, 0.3) is 0 Å². The van der Waals surface area contributed by atoms with Crippen molar-refractivity contribution in [2.24, 2.45) is 0 Å². The Kier molecular flexibility index (Phi) is 4.29. The zero-order chi connectivity index (χ0) is 11.4. The molecule has 1 amide bonds. The van der Waals surface area contributed by atoms with Crippen LogP contribution in [-0.4, -0.2) is 17.1 Å². The van der Waals surface area contributed by atoms with Crippen LogP contribution in [0.3, 0.4) is 0 Å². The molecule has 0 radical (unpaired) electrons. The number of nitrogens with one attached hydrogen (secondary N) is 1. The second kappa shape index (κ2) is 5.28. The fraction of sp³-hybridized carbons (Fsp3) is 0.364. The van der Waals surface area contributed by atoms with Crippen molar-refractivity contribution >= 4 is 21.8 Å². The third kappa shape index (κ3) is 3.64. The van der Waals surface area contributed by atoms with Crippen LogP contribution in [0.4, 0.5) is 0 Å². The van der Waals surface area contributed by atoms with Gasteiger partial charge in [0.2, 0.25) is 5.91 Å². The van der Waals surface area contributed by atoms with Crippen molar-refractivity contribution in [3.8, 4) is 0 Å². The van der Waals surface area contributed by atoms with Crippen LogP contribution >= 0.6 is 15.9 Å². The summed E-state index contributed by atoms with van der Waals surface area (Å²) in [5.41, 5.74) is 2.16. The summed E-state index contributed by atoms with van der Waals surface area (Å²) in [6, 6.07) is 5.89. The first-order valence-electron chi connectivity index (χ1n) is 4.71. The normalized spacial score (nSPS) is 12.3. The predicted octanol–water partition coefficient (Wildman–Crippen LogP) is 1.75. The maximum absolute atomic E-state index is 11.1. The van der Waals surface area contributed by atoms with Crippen molar-refractivity contribution < 1.29 is 9.90 Å². The molecule has 1 aromatic rings. The van der Waals surface area contributed by atoms with E-state index in [1.807, 2.05) is 25.1 Å². The van der Waals surface area contributed by atoms with E-state index in [9.17, 15) is 4.79 Å². The number of halogens is 1. The number of hydrogen-bond acceptors (Lipinski definition) is 2. The van der Waals surface area contributed by atoms with Gasteiger partial charge in [-0.05, 0) is 37.1 Å². The van der Waals surface area contributed by atoms with E-state index >= 15 is 0 Å². The largest absolute Gasteiger partial charge is 0.384 e. The zero-order valence-corrected chi connectivity index (χ0v) is 10.3. The molecule has 0 aromatic heterocycles. The maximum Gasteiger partial charge on any atom is 0.248 e. The van der Waals surface area contributed by atoms with E-state index in [4.69, 9.17) is 5.11 Å². The van der Waals surface area contributed by atoms with Gasteiger partial charge in [-0.15, -0.1) is 0 Å². The predicted molar refractivity (Wildman–Crippen MR) is 62.4 cm³/mol. The Balaban J connectivity index is 2.65. The van der Waals surface area contributed by atoms with Gasteiger partial charge in [-0.1, -0.05) is 22.0 Å². The Morgan fingerprint density at radius 1 is 1.60 bits per heavy atom. The molecule has 1 aromatic carbocycles. The minimum Gasteiger partial charge on any atom is -0.384 e. The van der Waals surface area contributed by atoms with E-state index in [2.05, 4.69) is 21.2 Å². The minimum atomic E-state index is -0.961. The molecule has 0 aliphatic heterocycles. The monoisotopic (exact) mass is 271 g/mol. The molecule has 1 atom stereocenters. The van der Waals surface area contributed by atoms with Crippen LogP contribution < -0.4 is 5.32 Å². The molecule has 0 saturated carbocycles. The molecule has 0 aliphatic rings. The number of aliphatic hydroxyl groups excluding tert-OH is 1. The molecule has 1 unspecified atom stereocenters. The summed E-state index contributed by atoms with van der Waals surface area (Å²) in [6.45, 7) is 3.87. The van der Waals surface area contributed by atoms with E-state index in [1.165, 1.54) is 6.92 Å². The average molecular weight is 272 g/mol. The lowest BCUT2D eigenvalue weighted by Crippen LogP contribution is -2.32. The summed E-state index contributed by atoms with van der Waals surface area (Å²) >= 11 is 3.37. The number of carbonyl (C=O) groups excluding carboxylic acids is 1. The first-order valence-corrected chi connectivity index (χ1v) is 5.51. The SMILES string of the molecule is Cc1ccc(Br)cc1CNC(=O)C(C)O. The number of aliphatic hydroxyl groups is 1. The molecule has 0 bridgehead atoms. The molecule has 82 valence electrons. The molecular formula is C11H14BrNO2. The first kappa shape index (κ1) is 12.2. The summed E-state index contributed by atoms with van der Waals surface area (Å²) in [5, 5.41) is 11.7. The summed E-state index contributed by atoms with van der Waals surface area (Å²) in [4.78, 5) is 11.1. The van der Waals surface area contributed by atoms with Crippen molar-refractivity contribution in [3.63, 3.8) is 0 Å². The van der Waals surface area contributed by atoms with Crippen molar-refractivity contribution in [1.29, 1.82) is 0 Å². The average Bonchev–Trinajstić information content (AvgIpc) is 2.18. The highest BCUT2D eigenvalue weighted by Gasteiger charge is 2.08. The second-order valence-electron chi connectivity index (χ2n) is 3.46. The van der Waals surface area contributed by atoms with Gasteiger partial charge in [0.15, 0.2) is 0 Å². The van der Waals surface area contributed by atoms with Crippen LogP contribution in [0, 0.1) is 6.92 Å². The summed E-state index contributed by atoms with van der Waals surface area (Å²) in [7, 11) is 0. The van der Waals surface area contributed by atoms with Crippen LogP contribution in [0.1, 0.15) is 18.1 Å². The highest BCUT2D eigenvalue weighted by Crippen LogP contribution is 2.15. The van der Waals surface area contributed by atoms with Crippen LogP contribution in [0.25, 0.3) is 0 Å². The zero-order valence-electron chi connectivity index (χ0n) is 8.75. The highest BCUT2D eigenvalue weighted by atomic mass is 79.9. The Morgan fingerprint density at radius 3 is 2.87 bits per heavy atom. The highest BCUT2D eigenvalue weighted by molar-refractivity contribution is 9.10. The molecule has 0 aliphatic carbocycles. The van der Waals surface area contributed by atoms with E-state index in [1.54, 1.807) is 0 Å². The molecule has 0 spiro atoms. The van der Waals surface area contributed by atoms with E-state index in [0.29, 0.717) is 6.54 Å². The standard InChI is InChI=1S/C11H14BrNO2/c1-7-3-4-10(12)5-9(7)6-13-11(15)8(2)14/h3-5,8,14H,6H2,1-2H3,(H,13,15). The fourth-order valence-corrected chi connectivity index (χ4v) is 1.57. The lowest BCUT2D eigenvalue weighted by Gasteiger charge is -2.09. The number of amides is 1. The van der Waals surface area contributed by atoms with Crippen molar-refractivity contribution in [1.82, 2.24) is 5.32 Å². The molecular weight excluding hydrogens is 258 g/mol.